The first-order valence-corrected chi connectivity index (χ1v) is 7.97. The van der Waals surface area contributed by atoms with E-state index in [4.69, 9.17) is 0 Å². The topological polar surface area (TPSA) is 70.2 Å². The van der Waals surface area contributed by atoms with E-state index in [9.17, 15) is 4.79 Å². The van der Waals surface area contributed by atoms with Crippen LogP contribution in [0.3, 0.4) is 0 Å². The maximum Gasteiger partial charge on any atom is 0.270 e. The van der Waals surface area contributed by atoms with Gasteiger partial charge in [0.15, 0.2) is 0 Å². The lowest BCUT2D eigenvalue weighted by Gasteiger charge is -2.23. The molecule has 6 nitrogen and oxygen atoms in total. The molecule has 1 fully saturated rings. The van der Waals surface area contributed by atoms with E-state index in [1.54, 1.807) is 18.6 Å². The van der Waals surface area contributed by atoms with Crippen LogP contribution in [0.4, 0.5) is 5.69 Å². The number of anilines is 1. The first kappa shape index (κ1) is 15.4. The van der Waals surface area contributed by atoms with Crippen molar-refractivity contribution < 1.29 is 4.79 Å². The molecule has 0 atom stereocenters. The Labute approximate surface area is 135 Å². The third kappa shape index (κ3) is 4.26. The summed E-state index contributed by atoms with van der Waals surface area (Å²) in [4.78, 5) is 20.5. The van der Waals surface area contributed by atoms with Gasteiger partial charge in [-0.1, -0.05) is 12.5 Å². The maximum atomic E-state index is 12.3. The lowest BCUT2D eigenvalue weighted by molar-refractivity contribution is 0.0946. The molecule has 3 heterocycles. The summed E-state index contributed by atoms with van der Waals surface area (Å²) in [5.74, 6) is -0.175. The number of amides is 1. The zero-order valence-corrected chi connectivity index (χ0v) is 13.0. The Morgan fingerprint density at radius 2 is 2.22 bits per heavy atom. The van der Waals surface area contributed by atoms with Gasteiger partial charge in [-0.15, -0.1) is 0 Å². The molecule has 2 N–H and O–H groups in total. The molecular weight excluding hydrogens is 290 g/mol. The highest BCUT2D eigenvalue weighted by Gasteiger charge is 2.13. The summed E-state index contributed by atoms with van der Waals surface area (Å²) in [5, 5.41) is 4.98. The van der Waals surface area contributed by atoms with Crippen molar-refractivity contribution in [2.75, 3.05) is 18.1 Å². The van der Waals surface area contributed by atoms with Crippen molar-refractivity contribution in [3.63, 3.8) is 0 Å². The highest BCUT2D eigenvalue weighted by atomic mass is 16.1. The predicted molar refractivity (Wildman–Crippen MR) is 88.8 cm³/mol. The number of nitrogens with zero attached hydrogens (tertiary/aromatic N) is 3. The van der Waals surface area contributed by atoms with E-state index in [0.717, 1.165) is 30.8 Å². The van der Waals surface area contributed by atoms with Gasteiger partial charge in [-0.25, -0.2) is 5.43 Å². The van der Waals surface area contributed by atoms with Crippen LogP contribution in [-0.4, -0.2) is 29.0 Å². The summed E-state index contributed by atoms with van der Waals surface area (Å²) in [7, 11) is 0. The molecule has 0 bridgehead atoms. The Morgan fingerprint density at radius 3 is 3.09 bits per heavy atom. The molecule has 0 unspecified atom stereocenters. The third-order valence-electron chi connectivity index (χ3n) is 3.82. The van der Waals surface area contributed by atoms with Gasteiger partial charge in [-0.05, 0) is 36.6 Å². The first-order valence-electron chi connectivity index (χ1n) is 7.97. The largest absolute Gasteiger partial charge is 0.347 e. The van der Waals surface area contributed by atoms with E-state index in [1.165, 1.54) is 12.8 Å². The van der Waals surface area contributed by atoms with Gasteiger partial charge in [-0.3, -0.25) is 14.8 Å². The molecule has 3 rings (SSSR count). The van der Waals surface area contributed by atoms with Crippen LogP contribution in [-0.2, 0) is 6.54 Å². The third-order valence-corrected chi connectivity index (χ3v) is 3.82. The van der Waals surface area contributed by atoms with Gasteiger partial charge in [0.25, 0.3) is 5.91 Å². The fourth-order valence-electron chi connectivity index (χ4n) is 2.57. The summed E-state index contributed by atoms with van der Waals surface area (Å²) in [6.45, 7) is 2.35. The summed E-state index contributed by atoms with van der Waals surface area (Å²) in [6.07, 6.45) is 8.70. The van der Waals surface area contributed by atoms with Crippen LogP contribution in [0.1, 0.15) is 35.3 Å². The van der Waals surface area contributed by atoms with Gasteiger partial charge in [-0.2, -0.15) is 0 Å². The lowest BCUT2D eigenvalue weighted by Crippen LogP contribution is -2.38. The number of carbonyl (C=O) groups is 1. The monoisotopic (exact) mass is 311 g/mol. The number of nitrogens with one attached hydrogen (secondary N) is 2. The Bertz CT molecular complexity index is 638. The number of hydrogen-bond acceptors (Lipinski definition) is 5. The molecule has 1 amide bonds. The van der Waals surface area contributed by atoms with Crippen molar-refractivity contribution >= 4 is 11.6 Å². The van der Waals surface area contributed by atoms with Crippen LogP contribution in [0.5, 0.6) is 0 Å². The van der Waals surface area contributed by atoms with Crippen LogP contribution < -0.4 is 15.8 Å². The van der Waals surface area contributed by atoms with Crippen molar-refractivity contribution in [2.45, 2.75) is 25.8 Å². The zero-order valence-electron chi connectivity index (χ0n) is 13.0. The van der Waals surface area contributed by atoms with Gasteiger partial charge in [0.2, 0.25) is 0 Å². The smallest absolute Gasteiger partial charge is 0.270 e. The molecular formula is C17H21N5O. The Balaban J connectivity index is 1.65. The van der Waals surface area contributed by atoms with Gasteiger partial charge in [0, 0.05) is 38.2 Å². The van der Waals surface area contributed by atoms with Crippen LogP contribution in [0, 0.1) is 0 Å². The Kier molecular flexibility index (Phi) is 5.16. The van der Waals surface area contributed by atoms with Gasteiger partial charge in [0.1, 0.15) is 5.69 Å². The number of carbonyl (C=O) groups excluding carboxylic acids is 1. The number of hydrogen-bond donors (Lipinski definition) is 2. The molecule has 2 aromatic heterocycles. The molecule has 1 aliphatic rings. The molecule has 0 saturated carbocycles. The summed E-state index contributed by atoms with van der Waals surface area (Å²) in [5.41, 5.74) is 5.76. The van der Waals surface area contributed by atoms with E-state index in [1.807, 2.05) is 24.3 Å². The molecule has 1 aliphatic heterocycles. The second-order valence-electron chi connectivity index (χ2n) is 5.56. The minimum Gasteiger partial charge on any atom is -0.347 e. The fourth-order valence-corrected chi connectivity index (χ4v) is 2.57. The number of hydrazine groups is 1. The second kappa shape index (κ2) is 7.69. The molecule has 2 aromatic rings. The average molecular weight is 311 g/mol. The van der Waals surface area contributed by atoms with E-state index < -0.39 is 0 Å². The van der Waals surface area contributed by atoms with Gasteiger partial charge in [0.05, 0.1) is 5.69 Å². The van der Waals surface area contributed by atoms with Crippen LogP contribution >= 0.6 is 0 Å². The zero-order chi connectivity index (χ0) is 15.9. The molecule has 0 aliphatic carbocycles. The normalized spacial score (nSPS) is 15.0. The standard InChI is InChI=1S/C17H21N5O/c23-17(20-13-14-5-4-7-18-12-14)16-11-15(6-9-19-16)22-10-3-1-2-8-21-22/h4-7,9,11-12,21H,1-3,8,10,13H2,(H,20,23). The molecule has 0 aromatic carbocycles. The predicted octanol–water partition coefficient (Wildman–Crippen LogP) is 1.90. The lowest BCUT2D eigenvalue weighted by atomic mass is 10.2. The molecule has 6 heteroatoms. The van der Waals surface area contributed by atoms with Gasteiger partial charge < -0.3 is 10.3 Å². The number of rotatable bonds is 4. The van der Waals surface area contributed by atoms with Crippen molar-refractivity contribution in [1.82, 2.24) is 20.7 Å². The molecule has 23 heavy (non-hydrogen) atoms. The molecule has 0 radical (unpaired) electrons. The highest BCUT2D eigenvalue weighted by Crippen LogP contribution is 2.15. The average Bonchev–Trinajstić information content (AvgIpc) is 2.90. The quantitative estimate of drug-likeness (QED) is 0.902. The second-order valence-corrected chi connectivity index (χ2v) is 5.56. The van der Waals surface area contributed by atoms with Crippen molar-refractivity contribution in [3.05, 3.63) is 54.1 Å². The van der Waals surface area contributed by atoms with Crippen molar-refractivity contribution in [3.8, 4) is 0 Å². The molecule has 0 spiro atoms. The van der Waals surface area contributed by atoms with Crippen molar-refractivity contribution in [2.24, 2.45) is 0 Å². The molecule has 120 valence electrons. The van der Waals surface area contributed by atoms with E-state index in [2.05, 4.69) is 25.7 Å². The van der Waals surface area contributed by atoms with E-state index >= 15 is 0 Å². The minimum absolute atomic E-state index is 0.175. The van der Waals surface area contributed by atoms with E-state index in [0.29, 0.717) is 12.2 Å². The van der Waals surface area contributed by atoms with Gasteiger partial charge >= 0.3 is 0 Å². The van der Waals surface area contributed by atoms with Crippen LogP contribution in [0.2, 0.25) is 0 Å². The highest BCUT2D eigenvalue weighted by molar-refractivity contribution is 5.93. The first-order chi connectivity index (χ1) is 11.3. The van der Waals surface area contributed by atoms with Crippen molar-refractivity contribution in [1.29, 1.82) is 0 Å². The van der Waals surface area contributed by atoms with E-state index in [-0.39, 0.29) is 5.91 Å². The number of aromatic nitrogens is 2. The Hall–Kier alpha value is -2.47. The molecule has 1 saturated heterocycles. The summed E-state index contributed by atoms with van der Waals surface area (Å²) < 4.78 is 0. The minimum atomic E-state index is -0.175. The maximum absolute atomic E-state index is 12.3. The summed E-state index contributed by atoms with van der Waals surface area (Å²) in [6, 6.07) is 7.54. The fraction of sp³-hybridized carbons (Fsp3) is 0.353. The van der Waals surface area contributed by atoms with Crippen LogP contribution in [0.15, 0.2) is 42.9 Å². The summed E-state index contributed by atoms with van der Waals surface area (Å²) >= 11 is 0. The number of pyridine rings is 2. The van der Waals surface area contributed by atoms with Crippen LogP contribution in [0.25, 0.3) is 0 Å². The SMILES string of the molecule is O=C(NCc1cccnc1)c1cc(N2CCCCCN2)ccn1. The Morgan fingerprint density at radius 1 is 1.26 bits per heavy atom.